The van der Waals surface area contributed by atoms with Gasteiger partial charge in [-0.05, 0) is 53.4 Å². The van der Waals surface area contributed by atoms with Gasteiger partial charge < -0.3 is 9.64 Å². The lowest BCUT2D eigenvalue weighted by Crippen LogP contribution is -2.31. The van der Waals surface area contributed by atoms with E-state index in [9.17, 15) is 9.59 Å². The first-order valence-electron chi connectivity index (χ1n) is 11.4. The van der Waals surface area contributed by atoms with Crippen molar-refractivity contribution in [1.82, 2.24) is 9.78 Å². The van der Waals surface area contributed by atoms with Crippen LogP contribution >= 0.6 is 0 Å². The molecule has 34 heavy (non-hydrogen) atoms. The van der Waals surface area contributed by atoms with E-state index in [1.807, 2.05) is 42.5 Å². The summed E-state index contributed by atoms with van der Waals surface area (Å²) in [4.78, 5) is 27.4. The van der Waals surface area contributed by atoms with Gasteiger partial charge in [0.25, 0.3) is 0 Å². The van der Waals surface area contributed by atoms with Crippen molar-refractivity contribution in [2.24, 2.45) is 0 Å². The van der Waals surface area contributed by atoms with E-state index in [4.69, 9.17) is 4.74 Å². The number of fused-ring (bicyclic) bond motifs is 1. The zero-order valence-corrected chi connectivity index (χ0v) is 19.8. The highest BCUT2D eigenvalue weighted by Gasteiger charge is 2.17. The highest BCUT2D eigenvalue weighted by atomic mass is 16.5. The number of hydrogen-bond donors (Lipinski definition) is 0. The molecule has 0 atom stereocenters. The summed E-state index contributed by atoms with van der Waals surface area (Å²) in [6.07, 6.45) is 1.56. The van der Waals surface area contributed by atoms with E-state index in [-0.39, 0.29) is 17.8 Å². The van der Waals surface area contributed by atoms with Crippen molar-refractivity contribution in [1.29, 1.82) is 0 Å². The predicted molar refractivity (Wildman–Crippen MR) is 135 cm³/mol. The molecule has 6 heteroatoms. The molecule has 3 aromatic carbocycles. The normalized spacial score (nSPS) is 11.1. The molecule has 0 bridgehead atoms. The van der Waals surface area contributed by atoms with Gasteiger partial charge in [-0.15, -0.1) is 0 Å². The Hall–Kier alpha value is -3.93. The summed E-state index contributed by atoms with van der Waals surface area (Å²) in [5.74, 6) is 1.16. The minimum atomic E-state index is -0.122. The lowest BCUT2D eigenvalue weighted by Gasteiger charge is -2.24. The van der Waals surface area contributed by atoms with Gasteiger partial charge in [0.05, 0.1) is 31.9 Å². The van der Waals surface area contributed by atoms with Crippen molar-refractivity contribution in [2.45, 2.75) is 39.3 Å². The topological polar surface area (TPSA) is 64.4 Å². The van der Waals surface area contributed by atoms with Gasteiger partial charge in [0.15, 0.2) is 0 Å². The fourth-order valence-corrected chi connectivity index (χ4v) is 3.95. The monoisotopic (exact) mass is 455 g/mol. The van der Waals surface area contributed by atoms with E-state index in [2.05, 4.69) is 43.2 Å². The number of aromatic nitrogens is 2. The van der Waals surface area contributed by atoms with Crippen molar-refractivity contribution in [2.75, 3.05) is 12.0 Å². The van der Waals surface area contributed by atoms with Gasteiger partial charge in [0, 0.05) is 17.5 Å². The van der Waals surface area contributed by atoms with Crippen LogP contribution in [0.5, 0.6) is 5.75 Å². The second-order valence-electron chi connectivity index (χ2n) is 8.57. The molecule has 4 aromatic rings. The number of rotatable bonds is 8. The van der Waals surface area contributed by atoms with Gasteiger partial charge in [-0.1, -0.05) is 50.2 Å². The van der Waals surface area contributed by atoms with Crippen LogP contribution in [0.2, 0.25) is 0 Å². The van der Waals surface area contributed by atoms with Crippen LogP contribution in [0, 0.1) is 0 Å². The molecule has 1 aromatic heterocycles. The van der Waals surface area contributed by atoms with Crippen molar-refractivity contribution >= 4 is 22.5 Å². The Kier molecular flexibility index (Phi) is 7.07. The summed E-state index contributed by atoms with van der Waals surface area (Å²) >= 11 is 0. The number of hydrogen-bond acceptors (Lipinski definition) is 4. The number of amides is 1. The highest BCUT2D eigenvalue weighted by molar-refractivity contribution is 5.93. The van der Waals surface area contributed by atoms with Gasteiger partial charge in [-0.2, -0.15) is 5.10 Å². The Labute approximate surface area is 199 Å². The maximum absolute atomic E-state index is 13.4. The average molecular weight is 456 g/mol. The maximum atomic E-state index is 13.4. The Bertz CT molecular complexity index is 1330. The fourth-order valence-electron chi connectivity index (χ4n) is 3.95. The predicted octanol–water partition coefficient (Wildman–Crippen LogP) is 5.15. The largest absolute Gasteiger partial charge is 0.497 e. The van der Waals surface area contributed by atoms with Crippen LogP contribution < -0.4 is 15.1 Å². The third-order valence-electron chi connectivity index (χ3n) is 5.97. The molecule has 0 radical (unpaired) electrons. The van der Waals surface area contributed by atoms with Crippen molar-refractivity contribution in [3.8, 4) is 5.75 Å². The smallest absolute Gasteiger partial charge is 0.229 e. The molecule has 0 spiro atoms. The van der Waals surface area contributed by atoms with E-state index in [0.717, 1.165) is 22.5 Å². The number of benzene rings is 3. The summed E-state index contributed by atoms with van der Waals surface area (Å²) in [7, 11) is 1.62. The molecule has 0 aliphatic rings. The zero-order valence-electron chi connectivity index (χ0n) is 19.8. The van der Waals surface area contributed by atoms with E-state index in [1.165, 1.54) is 11.8 Å². The summed E-state index contributed by atoms with van der Waals surface area (Å²) in [6.45, 7) is 5.16. The summed E-state index contributed by atoms with van der Waals surface area (Å²) in [5.41, 5.74) is 3.73. The first-order chi connectivity index (χ1) is 16.5. The molecule has 174 valence electrons. The number of methoxy groups -OCH3 is 1. The average Bonchev–Trinajstić information content (AvgIpc) is 2.87. The molecule has 6 nitrogen and oxygen atoms in total. The molecule has 0 saturated carbocycles. The van der Waals surface area contributed by atoms with E-state index in [1.54, 1.807) is 22.8 Å². The van der Waals surface area contributed by atoms with E-state index in [0.29, 0.717) is 24.4 Å². The standard InChI is InChI=1S/C28H29N3O3/c1-20(2)22-10-8-21(9-11-22)19-30(23-12-14-24(34-3)15-13-23)28(33)16-17-31-26-7-5-4-6-25(26)27(32)18-29-31/h4-15,18,20H,16-17,19H2,1-3H3. The van der Waals surface area contributed by atoms with Crippen LogP contribution in [-0.4, -0.2) is 22.8 Å². The second-order valence-corrected chi connectivity index (χ2v) is 8.57. The molecule has 0 saturated heterocycles. The molecule has 0 aliphatic heterocycles. The first-order valence-corrected chi connectivity index (χ1v) is 11.4. The quantitative estimate of drug-likeness (QED) is 0.369. The Morgan fingerprint density at radius 3 is 2.38 bits per heavy atom. The minimum Gasteiger partial charge on any atom is -0.497 e. The van der Waals surface area contributed by atoms with E-state index < -0.39 is 0 Å². The molecule has 0 aliphatic carbocycles. The molecule has 1 amide bonds. The molecular formula is C28H29N3O3. The van der Waals surface area contributed by atoms with Crippen LogP contribution in [0.1, 0.15) is 37.3 Å². The lowest BCUT2D eigenvalue weighted by molar-refractivity contribution is -0.119. The number of carbonyl (C=O) groups excluding carboxylic acids is 1. The van der Waals surface area contributed by atoms with E-state index >= 15 is 0 Å². The summed E-state index contributed by atoms with van der Waals surface area (Å²) in [5, 5.41) is 4.86. The number of para-hydroxylation sites is 1. The summed E-state index contributed by atoms with van der Waals surface area (Å²) in [6, 6.07) is 23.2. The maximum Gasteiger partial charge on any atom is 0.229 e. The van der Waals surface area contributed by atoms with Gasteiger partial charge in [-0.3, -0.25) is 14.3 Å². The van der Waals surface area contributed by atoms with Gasteiger partial charge in [0.1, 0.15) is 5.75 Å². The Morgan fingerprint density at radius 1 is 1.00 bits per heavy atom. The van der Waals surface area contributed by atoms with Gasteiger partial charge in [-0.25, -0.2) is 0 Å². The number of ether oxygens (including phenoxy) is 1. The van der Waals surface area contributed by atoms with Gasteiger partial charge in [0.2, 0.25) is 11.3 Å². The Morgan fingerprint density at radius 2 is 1.71 bits per heavy atom. The first kappa shape index (κ1) is 23.2. The molecular weight excluding hydrogens is 426 g/mol. The minimum absolute atomic E-state index is 0.0253. The zero-order chi connectivity index (χ0) is 24.1. The molecule has 1 heterocycles. The number of nitrogens with zero attached hydrogens (tertiary/aromatic N) is 3. The summed E-state index contributed by atoms with van der Waals surface area (Å²) < 4.78 is 7.00. The van der Waals surface area contributed by atoms with Crippen LogP contribution in [-0.2, 0) is 17.9 Å². The number of anilines is 1. The van der Waals surface area contributed by atoms with Gasteiger partial charge >= 0.3 is 0 Å². The number of carbonyl (C=O) groups is 1. The Balaban J connectivity index is 1.58. The van der Waals surface area contributed by atoms with Crippen LogP contribution in [0.15, 0.2) is 83.8 Å². The van der Waals surface area contributed by atoms with Crippen molar-refractivity contribution in [3.05, 3.63) is 100 Å². The highest BCUT2D eigenvalue weighted by Crippen LogP contribution is 2.23. The molecule has 0 N–H and O–H groups in total. The van der Waals surface area contributed by atoms with Crippen LogP contribution in [0.25, 0.3) is 10.9 Å². The van der Waals surface area contributed by atoms with Crippen LogP contribution in [0.3, 0.4) is 0 Å². The van der Waals surface area contributed by atoms with Crippen molar-refractivity contribution in [3.63, 3.8) is 0 Å². The fraction of sp³-hybridized carbons (Fsp3) is 0.250. The third-order valence-corrected chi connectivity index (χ3v) is 5.97. The third kappa shape index (κ3) is 5.17. The molecule has 4 rings (SSSR count). The SMILES string of the molecule is COc1ccc(N(Cc2ccc(C(C)C)cc2)C(=O)CCn2ncc(=O)c3ccccc32)cc1. The molecule has 0 fully saturated rings. The number of aryl methyl sites for hydroxylation is 1. The molecule has 0 unspecified atom stereocenters. The van der Waals surface area contributed by atoms with Crippen molar-refractivity contribution < 1.29 is 9.53 Å². The van der Waals surface area contributed by atoms with Crippen LogP contribution in [0.4, 0.5) is 5.69 Å². The lowest BCUT2D eigenvalue weighted by atomic mass is 10.0. The second kappa shape index (κ2) is 10.3.